The molecule has 1 amide bonds. The van der Waals surface area contributed by atoms with Crippen LogP contribution in [0.4, 0.5) is 0 Å². The van der Waals surface area contributed by atoms with Gasteiger partial charge in [-0.05, 0) is 62.3 Å². The largest absolute Gasteiger partial charge is 0.402 e. The first-order valence-corrected chi connectivity index (χ1v) is 10.6. The second kappa shape index (κ2) is 8.74. The van der Waals surface area contributed by atoms with Gasteiger partial charge >= 0.3 is 0 Å². The lowest BCUT2D eigenvalue weighted by atomic mass is 9.76. The highest BCUT2D eigenvalue weighted by atomic mass is 16.2. The predicted molar refractivity (Wildman–Crippen MR) is 123 cm³/mol. The number of amidine groups is 1. The van der Waals surface area contributed by atoms with Crippen molar-refractivity contribution in [2.75, 3.05) is 0 Å². The van der Waals surface area contributed by atoms with E-state index >= 15 is 0 Å². The van der Waals surface area contributed by atoms with Crippen LogP contribution in [-0.4, -0.2) is 11.7 Å². The molecule has 1 aliphatic heterocycles. The van der Waals surface area contributed by atoms with Crippen molar-refractivity contribution < 1.29 is 4.79 Å². The van der Waals surface area contributed by atoms with E-state index in [0.29, 0.717) is 22.9 Å². The maximum absolute atomic E-state index is 12.8. The predicted octanol–water partition coefficient (Wildman–Crippen LogP) is 4.32. The van der Waals surface area contributed by atoms with Crippen LogP contribution in [0.2, 0.25) is 0 Å². The quantitative estimate of drug-likeness (QED) is 0.334. The van der Waals surface area contributed by atoms with Gasteiger partial charge in [-0.3, -0.25) is 10.2 Å². The smallest absolute Gasteiger partial charge is 0.258 e. The van der Waals surface area contributed by atoms with E-state index in [9.17, 15) is 4.79 Å². The van der Waals surface area contributed by atoms with Gasteiger partial charge in [0.15, 0.2) is 0 Å². The second-order valence-electron chi connectivity index (χ2n) is 8.18. The SMILES string of the molecule is CCc1ccc(C)c(C2C=C3C(=CC2CC)NC(=O)/C3=C(/C)NC(=N)/C=C(/C)N)c1. The average Bonchev–Trinajstić information content (AvgIpc) is 3.01. The number of nitrogens with one attached hydrogen (secondary N) is 3. The third-order valence-corrected chi connectivity index (χ3v) is 5.87. The zero-order valence-corrected chi connectivity index (χ0v) is 18.5. The highest BCUT2D eigenvalue weighted by Gasteiger charge is 2.35. The highest BCUT2D eigenvalue weighted by molar-refractivity contribution is 6.06. The topological polar surface area (TPSA) is 91.0 Å². The van der Waals surface area contributed by atoms with Crippen LogP contribution >= 0.6 is 0 Å². The second-order valence-corrected chi connectivity index (χ2v) is 8.18. The molecule has 1 saturated heterocycles. The van der Waals surface area contributed by atoms with Gasteiger partial charge in [0, 0.05) is 28.6 Å². The monoisotopic (exact) mass is 404 g/mol. The van der Waals surface area contributed by atoms with Crippen LogP contribution in [0.25, 0.3) is 0 Å². The van der Waals surface area contributed by atoms with Crippen molar-refractivity contribution >= 4 is 11.7 Å². The summed E-state index contributed by atoms with van der Waals surface area (Å²) in [5, 5.41) is 14.1. The fraction of sp³-hybridized carbons (Fsp3) is 0.360. The first-order chi connectivity index (χ1) is 14.2. The van der Waals surface area contributed by atoms with Crippen molar-refractivity contribution in [3.63, 3.8) is 0 Å². The third-order valence-electron chi connectivity index (χ3n) is 5.87. The number of carbonyl (C=O) groups is 1. The molecule has 2 atom stereocenters. The average molecular weight is 405 g/mol. The van der Waals surface area contributed by atoms with Crippen molar-refractivity contribution in [3.8, 4) is 0 Å². The summed E-state index contributed by atoms with van der Waals surface area (Å²) in [4.78, 5) is 12.8. The summed E-state index contributed by atoms with van der Waals surface area (Å²) in [5.74, 6) is 0.564. The molecule has 0 aromatic heterocycles. The van der Waals surface area contributed by atoms with Crippen LogP contribution in [0.15, 0.2) is 64.7 Å². The van der Waals surface area contributed by atoms with Gasteiger partial charge in [-0.15, -0.1) is 0 Å². The summed E-state index contributed by atoms with van der Waals surface area (Å²) >= 11 is 0. The first-order valence-electron chi connectivity index (χ1n) is 10.6. The molecule has 1 aromatic rings. The third kappa shape index (κ3) is 4.25. The molecule has 0 bridgehead atoms. The van der Waals surface area contributed by atoms with E-state index in [-0.39, 0.29) is 17.7 Å². The minimum atomic E-state index is -0.131. The fourth-order valence-corrected chi connectivity index (χ4v) is 4.30. The summed E-state index contributed by atoms with van der Waals surface area (Å²) < 4.78 is 0. The number of amides is 1. The first kappa shape index (κ1) is 21.6. The lowest BCUT2D eigenvalue weighted by Gasteiger charge is -2.28. The summed E-state index contributed by atoms with van der Waals surface area (Å²) in [7, 11) is 0. The van der Waals surface area contributed by atoms with Crippen LogP contribution in [0, 0.1) is 18.3 Å². The Kier molecular flexibility index (Phi) is 6.30. The van der Waals surface area contributed by atoms with Gasteiger partial charge in [0.05, 0.1) is 5.57 Å². The zero-order valence-electron chi connectivity index (χ0n) is 18.5. The number of benzene rings is 1. The van der Waals surface area contributed by atoms with Crippen LogP contribution in [0.5, 0.6) is 0 Å². The van der Waals surface area contributed by atoms with E-state index < -0.39 is 0 Å². The molecule has 1 heterocycles. The molecule has 158 valence electrons. The minimum absolute atomic E-state index is 0.131. The van der Waals surface area contributed by atoms with E-state index in [1.54, 1.807) is 13.0 Å². The van der Waals surface area contributed by atoms with Crippen LogP contribution in [-0.2, 0) is 11.2 Å². The molecule has 1 aliphatic carbocycles. The minimum Gasteiger partial charge on any atom is -0.402 e. The summed E-state index contributed by atoms with van der Waals surface area (Å²) in [6.07, 6.45) is 7.96. The van der Waals surface area contributed by atoms with Crippen molar-refractivity contribution in [2.45, 2.75) is 53.4 Å². The Morgan fingerprint density at radius 2 is 2.00 bits per heavy atom. The Morgan fingerprint density at radius 3 is 2.63 bits per heavy atom. The molecule has 0 radical (unpaired) electrons. The van der Waals surface area contributed by atoms with E-state index in [0.717, 1.165) is 24.1 Å². The molecular weight excluding hydrogens is 372 g/mol. The number of carbonyl (C=O) groups excluding carboxylic acids is 1. The Bertz CT molecular complexity index is 1010. The molecule has 1 aromatic carbocycles. The Morgan fingerprint density at radius 1 is 1.27 bits per heavy atom. The maximum atomic E-state index is 12.8. The number of rotatable bonds is 5. The van der Waals surface area contributed by atoms with Crippen molar-refractivity contribution in [1.82, 2.24) is 10.6 Å². The normalized spacial score (nSPS) is 22.7. The van der Waals surface area contributed by atoms with E-state index in [2.05, 4.69) is 61.8 Å². The maximum Gasteiger partial charge on any atom is 0.258 e. The van der Waals surface area contributed by atoms with Gasteiger partial charge < -0.3 is 16.4 Å². The molecule has 5 N–H and O–H groups in total. The number of nitrogens with two attached hydrogens (primary N) is 1. The number of hydrogen-bond acceptors (Lipinski definition) is 3. The molecular formula is C25H32N4O. The number of hydrogen-bond donors (Lipinski definition) is 4. The zero-order chi connectivity index (χ0) is 22.0. The molecule has 2 aliphatic rings. The van der Waals surface area contributed by atoms with Gasteiger partial charge in [0.2, 0.25) is 0 Å². The van der Waals surface area contributed by atoms with E-state index in [4.69, 9.17) is 11.1 Å². The molecule has 5 nitrogen and oxygen atoms in total. The van der Waals surface area contributed by atoms with Gasteiger partial charge in [-0.25, -0.2) is 0 Å². The van der Waals surface area contributed by atoms with Crippen LogP contribution < -0.4 is 16.4 Å². The molecule has 2 unspecified atom stereocenters. The number of aryl methyl sites for hydroxylation is 2. The van der Waals surface area contributed by atoms with Gasteiger partial charge in [-0.2, -0.15) is 0 Å². The van der Waals surface area contributed by atoms with Crippen molar-refractivity contribution in [1.29, 1.82) is 5.41 Å². The van der Waals surface area contributed by atoms with Crippen LogP contribution in [0.3, 0.4) is 0 Å². The van der Waals surface area contributed by atoms with E-state index in [1.165, 1.54) is 16.7 Å². The van der Waals surface area contributed by atoms with Gasteiger partial charge in [0.25, 0.3) is 5.91 Å². The van der Waals surface area contributed by atoms with E-state index in [1.807, 2.05) is 6.92 Å². The number of fused-ring (bicyclic) bond motifs is 1. The number of allylic oxidation sites excluding steroid dienone is 5. The van der Waals surface area contributed by atoms with Gasteiger partial charge in [0.1, 0.15) is 5.84 Å². The fourth-order valence-electron chi connectivity index (χ4n) is 4.30. The lowest BCUT2D eigenvalue weighted by molar-refractivity contribution is -0.115. The van der Waals surface area contributed by atoms with Gasteiger partial charge in [-0.1, -0.05) is 44.2 Å². The molecule has 0 saturated carbocycles. The Hall–Kier alpha value is -3.08. The van der Waals surface area contributed by atoms with Crippen molar-refractivity contribution in [2.24, 2.45) is 11.7 Å². The molecule has 1 fully saturated rings. The molecule has 30 heavy (non-hydrogen) atoms. The molecule has 0 spiro atoms. The lowest BCUT2D eigenvalue weighted by Crippen LogP contribution is -2.23. The summed E-state index contributed by atoms with van der Waals surface area (Å²) in [5.41, 5.74) is 13.2. The van der Waals surface area contributed by atoms with Crippen LogP contribution in [0.1, 0.15) is 56.7 Å². The Labute approximate surface area is 179 Å². The molecule has 3 rings (SSSR count). The molecule has 5 heteroatoms. The summed E-state index contributed by atoms with van der Waals surface area (Å²) in [6.45, 7) is 10.1. The summed E-state index contributed by atoms with van der Waals surface area (Å²) in [6, 6.07) is 6.69. The Balaban J connectivity index is 2.07. The van der Waals surface area contributed by atoms with Crippen molar-refractivity contribution in [3.05, 3.63) is 81.4 Å². The standard InChI is InChI=1S/C25H32N4O/c1-6-17-9-8-14(3)19(11-17)20-13-21-22(12-18(20)7-2)29-25(30)24(21)16(5)28-23(27)10-15(4)26/h8-13,18,20H,6-7,26H2,1-5H3,(H2,27,28)(H,29,30)/b15-10-,24-16-. The highest BCUT2D eigenvalue weighted by Crippen LogP contribution is 2.42.